The SMILES string of the molecule is Cl.Cl.c1cnc(N2CCN(c3ncc4cn[nH]c4n3)CC2)cn1. The molecule has 0 atom stereocenters. The summed E-state index contributed by atoms with van der Waals surface area (Å²) in [6.07, 6.45) is 8.73. The van der Waals surface area contributed by atoms with Crippen molar-refractivity contribution in [3.8, 4) is 0 Å². The molecule has 0 aromatic carbocycles. The highest BCUT2D eigenvalue weighted by molar-refractivity contribution is 5.85. The Hall–Kier alpha value is -2.19. The van der Waals surface area contributed by atoms with Crippen molar-refractivity contribution in [3.63, 3.8) is 0 Å². The highest BCUT2D eigenvalue weighted by Gasteiger charge is 2.20. The largest absolute Gasteiger partial charge is 0.352 e. The van der Waals surface area contributed by atoms with Crippen LogP contribution in [0.15, 0.2) is 31.0 Å². The molecule has 0 aliphatic carbocycles. The van der Waals surface area contributed by atoms with E-state index in [0.29, 0.717) is 0 Å². The van der Waals surface area contributed by atoms with Crippen LogP contribution in [0.4, 0.5) is 11.8 Å². The van der Waals surface area contributed by atoms with Crippen molar-refractivity contribution in [1.82, 2.24) is 30.1 Å². The summed E-state index contributed by atoms with van der Waals surface area (Å²) in [5.41, 5.74) is 0.774. The molecule has 0 amide bonds. The van der Waals surface area contributed by atoms with Crippen LogP contribution in [-0.4, -0.2) is 56.3 Å². The molecule has 10 heteroatoms. The van der Waals surface area contributed by atoms with Crippen LogP contribution in [0.3, 0.4) is 0 Å². The summed E-state index contributed by atoms with van der Waals surface area (Å²) in [5.74, 6) is 1.66. The molecule has 0 unspecified atom stereocenters. The van der Waals surface area contributed by atoms with Gasteiger partial charge in [0.2, 0.25) is 5.95 Å². The number of hydrogen-bond acceptors (Lipinski definition) is 7. The van der Waals surface area contributed by atoms with Gasteiger partial charge in [0.15, 0.2) is 5.65 Å². The van der Waals surface area contributed by atoms with Crippen molar-refractivity contribution in [2.24, 2.45) is 0 Å². The van der Waals surface area contributed by atoms with E-state index in [0.717, 1.165) is 49.0 Å². The predicted molar refractivity (Wildman–Crippen MR) is 92.6 cm³/mol. The first kappa shape index (κ1) is 17.2. The molecule has 1 saturated heterocycles. The van der Waals surface area contributed by atoms with Crippen LogP contribution in [0.1, 0.15) is 0 Å². The lowest BCUT2D eigenvalue weighted by atomic mass is 10.3. The Kier molecular flexibility index (Phi) is 5.51. The summed E-state index contributed by atoms with van der Waals surface area (Å²) in [4.78, 5) is 21.8. The number of nitrogens with one attached hydrogen (secondary N) is 1. The van der Waals surface area contributed by atoms with E-state index in [9.17, 15) is 0 Å². The second-order valence-electron chi connectivity index (χ2n) is 4.88. The zero-order chi connectivity index (χ0) is 14.1. The number of anilines is 2. The number of aromatic nitrogens is 6. The Morgan fingerprint density at radius 2 is 1.65 bits per heavy atom. The van der Waals surface area contributed by atoms with Crippen molar-refractivity contribution in [2.45, 2.75) is 0 Å². The molecular weight excluding hydrogens is 339 g/mol. The highest BCUT2D eigenvalue weighted by Crippen LogP contribution is 2.17. The zero-order valence-corrected chi connectivity index (χ0v) is 13.8. The van der Waals surface area contributed by atoms with Crippen LogP contribution in [0.2, 0.25) is 0 Å². The Morgan fingerprint density at radius 1 is 0.870 bits per heavy atom. The third kappa shape index (κ3) is 3.43. The topological polar surface area (TPSA) is 86.7 Å². The molecule has 0 radical (unpaired) electrons. The number of H-pyrrole nitrogens is 1. The quantitative estimate of drug-likeness (QED) is 0.742. The lowest BCUT2D eigenvalue weighted by Crippen LogP contribution is -2.47. The number of halogens is 2. The van der Waals surface area contributed by atoms with Crippen molar-refractivity contribution in [1.29, 1.82) is 0 Å². The van der Waals surface area contributed by atoms with Gasteiger partial charge in [-0.15, -0.1) is 24.8 Å². The summed E-state index contributed by atoms with van der Waals surface area (Å²) in [6, 6.07) is 0. The first-order valence-corrected chi connectivity index (χ1v) is 6.82. The van der Waals surface area contributed by atoms with Gasteiger partial charge in [0.1, 0.15) is 5.82 Å². The van der Waals surface area contributed by atoms with Crippen LogP contribution in [0, 0.1) is 0 Å². The zero-order valence-electron chi connectivity index (χ0n) is 12.2. The fourth-order valence-corrected chi connectivity index (χ4v) is 2.47. The molecule has 1 aliphatic heterocycles. The van der Waals surface area contributed by atoms with E-state index >= 15 is 0 Å². The molecule has 23 heavy (non-hydrogen) atoms. The minimum atomic E-state index is 0. The van der Waals surface area contributed by atoms with Crippen LogP contribution in [0.5, 0.6) is 0 Å². The molecule has 0 spiro atoms. The van der Waals surface area contributed by atoms with Crippen molar-refractivity contribution in [2.75, 3.05) is 36.0 Å². The number of nitrogens with zero attached hydrogens (tertiary/aromatic N) is 7. The van der Waals surface area contributed by atoms with Gasteiger partial charge < -0.3 is 9.80 Å². The maximum atomic E-state index is 4.51. The molecule has 0 bridgehead atoms. The van der Waals surface area contributed by atoms with E-state index in [2.05, 4.69) is 39.9 Å². The van der Waals surface area contributed by atoms with Crippen molar-refractivity contribution in [3.05, 3.63) is 31.0 Å². The molecule has 3 aromatic heterocycles. The molecule has 3 aromatic rings. The van der Waals surface area contributed by atoms with Gasteiger partial charge in [-0.2, -0.15) is 10.1 Å². The predicted octanol–water partition coefficient (Wildman–Crippen LogP) is 1.31. The molecule has 0 saturated carbocycles. The van der Waals surface area contributed by atoms with E-state index in [1.165, 1.54) is 0 Å². The average Bonchev–Trinajstić information content (AvgIpc) is 3.03. The van der Waals surface area contributed by atoms with Gasteiger partial charge in [-0.05, 0) is 0 Å². The normalized spacial score (nSPS) is 14.3. The number of rotatable bonds is 2. The van der Waals surface area contributed by atoms with Gasteiger partial charge in [-0.3, -0.25) is 10.1 Å². The second-order valence-corrected chi connectivity index (χ2v) is 4.88. The summed E-state index contributed by atoms with van der Waals surface area (Å²) < 4.78 is 0. The maximum absolute atomic E-state index is 4.51. The first-order valence-electron chi connectivity index (χ1n) is 6.82. The monoisotopic (exact) mass is 354 g/mol. The Labute approximate surface area is 145 Å². The molecular formula is C13H16Cl2N8. The molecule has 8 nitrogen and oxygen atoms in total. The van der Waals surface area contributed by atoms with Gasteiger partial charge in [-0.25, -0.2) is 9.97 Å². The van der Waals surface area contributed by atoms with Crippen LogP contribution < -0.4 is 9.80 Å². The van der Waals surface area contributed by atoms with Crippen molar-refractivity contribution < 1.29 is 0 Å². The Balaban J connectivity index is 0.000000960. The van der Waals surface area contributed by atoms with E-state index in [1.807, 2.05) is 0 Å². The third-order valence-electron chi connectivity index (χ3n) is 3.61. The standard InChI is InChI=1S/C13H14N8.2ClH/c1-2-15-11(9-14-1)20-3-5-21(6-4-20)13-16-7-10-8-17-19-12(10)18-13;;/h1-2,7-9H,3-6H2,(H,16,17,18,19);2*1H. The lowest BCUT2D eigenvalue weighted by molar-refractivity contribution is 0.634. The summed E-state index contributed by atoms with van der Waals surface area (Å²) in [6.45, 7) is 3.47. The summed E-state index contributed by atoms with van der Waals surface area (Å²) in [7, 11) is 0. The van der Waals surface area contributed by atoms with E-state index in [4.69, 9.17) is 0 Å². The van der Waals surface area contributed by atoms with Gasteiger partial charge in [0.05, 0.1) is 17.8 Å². The fourth-order valence-electron chi connectivity index (χ4n) is 2.47. The maximum Gasteiger partial charge on any atom is 0.227 e. The highest BCUT2D eigenvalue weighted by atomic mass is 35.5. The van der Waals surface area contributed by atoms with Crippen LogP contribution >= 0.6 is 24.8 Å². The summed E-state index contributed by atoms with van der Waals surface area (Å²) in [5, 5.41) is 7.77. The van der Waals surface area contributed by atoms with Gasteiger partial charge in [0.25, 0.3) is 0 Å². The van der Waals surface area contributed by atoms with Crippen LogP contribution in [-0.2, 0) is 0 Å². The van der Waals surface area contributed by atoms with E-state index < -0.39 is 0 Å². The molecule has 1 aliphatic rings. The number of hydrogen-bond donors (Lipinski definition) is 1. The van der Waals surface area contributed by atoms with Gasteiger partial charge in [0, 0.05) is 44.8 Å². The van der Waals surface area contributed by atoms with E-state index in [-0.39, 0.29) is 24.8 Å². The van der Waals surface area contributed by atoms with E-state index in [1.54, 1.807) is 31.0 Å². The first-order chi connectivity index (χ1) is 10.4. The molecule has 1 N–H and O–H groups in total. The minimum absolute atomic E-state index is 0. The molecule has 1 fully saturated rings. The molecule has 4 rings (SSSR count). The number of aromatic amines is 1. The fraction of sp³-hybridized carbons (Fsp3) is 0.308. The van der Waals surface area contributed by atoms with Crippen LogP contribution in [0.25, 0.3) is 11.0 Å². The number of fused-ring (bicyclic) bond motifs is 1. The van der Waals surface area contributed by atoms with Crippen molar-refractivity contribution >= 4 is 47.6 Å². The van der Waals surface area contributed by atoms with Gasteiger partial charge >= 0.3 is 0 Å². The minimum Gasteiger partial charge on any atom is -0.352 e. The second kappa shape index (κ2) is 7.38. The Bertz CT molecular complexity index is 742. The molecule has 122 valence electrons. The van der Waals surface area contributed by atoms with Gasteiger partial charge in [-0.1, -0.05) is 0 Å². The number of piperazine rings is 1. The average molecular weight is 355 g/mol. The smallest absolute Gasteiger partial charge is 0.227 e. The third-order valence-corrected chi connectivity index (χ3v) is 3.61. The Morgan fingerprint density at radius 3 is 2.39 bits per heavy atom. The summed E-state index contributed by atoms with van der Waals surface area (Å²) >= 11 is 0. The molecule has 4 heterocycles. The lowest BCUT2D eigenvalue weighted by Gasteiger charge is -2.35.